The van der Waals surface area contributed by atoms with Gasteiger partial charge < -0.3 is 5.32 Å². The van der Waals surface area contributed by atoms with E-state index in [9.17, 15) is 0 Å². The van der Waals surface area contributed by atoms with Gasteiger partial charge >= 0.3 is 0 Å². The molecule has 0 aliphatic heterocycles. The van der Waals surface area contributed by atoms with Crippen LogP contribution in [0, 0.1) is 6.92 Å². The predicted molar refractivity (Wildman–Crippen MR) is 83.9 cm³/mol. The van der Waals surface area contributed by atoms with E-state index in [1.807, 2.05) is 43.7 Å². The molecule has 0 saturated carbocycles. The monoisotopic (exact) mass is 281 g/mol. The second-order valence-electron chi connectivity index (χ2n) is 4.53. The van der Waals surface area contributed by atoms with Crippen molar-refractivity contribution >= 4 is 17.0 Å². The molecule has 0 unspecified atom stereocenters. The molecule has 0 bridgehead atoms. The van der Waals surface area contributed by atoms with Crippen LogP contribution in [0.4, 0.5) is 5.69 Å². The van der Waals surface area contributed by atoms with Gasteiger partial charge in [0.05, 0.1) is 17.2 Å². The maximum absolute atomic E-state index is 4.30. The minimum absolute atomic E-state index is 0.783. The zero-order valence-corrected chi connectivity index (χ0v) is 12.0. The Morgan fingerprint density at radius 1 is 1.05 bits per heavy atom. The number of hydrogen-bond donors (Lipinski definition) is 1. The first-order valence-electron chi connectivity index (χ1n) is 6.47. The van der Waals surface area contributed by atoms with Gasteiger partial charge in [-0.1, -0.05) is 30.3 Å². The highest BCUT2D eigenvalue weighted by Crippen LogP contribution is 2.21. The first kappa shape index (κ1) is 12.8. The van der Waals surface area contributed by atoms with Crippen molar-refractivity contribution in [1.82, 2.24) is 9.97 Å². The third-order valence-electron chi connectivity index (χ3n) is 2.98. The lowest BCUT2D eigenvalue weighted by Gasteiger charge is -2.06. The lowest BCUT2D eigenvalue weighted by atomic mass is 10.1. The molecule has 0 saturated heterocycles. The van der Waals surface area contributed by atoms with Gasteiger partial charge in [-0.05, 0) is 18.6 Å². The van der Waals surface area contributed by atoms with Gasteiger partial charge in [0.25, 0.3) is 0 Å². The first-order valence-corrected chi connectivity index (χ1v) is 7.28. The van der Waals surface area contributed by atoms with E-state index in [-0.39, 0.29) is 0 Å². The summed E-state index contributed by atoms with van der Waals surface area (Å²) in [5.74, 6) is 0. The molecule has 1 aromatic carbocycles. The summed E-state index contributed by atoms with van der Waals surface area (Å²) in [4.78, 5) is 9.79. The molecule has 3 nitrogen and oxygen atoms in total. The van der Waals surface area contributed by atoms with E-state index in [1.54, 1.807) is 11.3 Å². The summed E-state index contributed by atoms with van der Waals surface area (Å²) in [6, 6.07) is 12.4. The Kier molecular flexibility index (Phi) is 3.74. The van der Waals surface area contributed by atoms with Gasteiger partial charge in [0.1, 0.15) is 0 Å². The van der Waals surface area contributed by atoms with Crippen molar-refractivity contribution in [3.05, 3.63) is 64.9 Å². The van der Waals surface area contributed by atoms with E-state index in [0.29, 0.717) is 0 Å². The van der Waals surface area contributed by atoms with Crippen molar-refractivity contribution in [1.29, 1.82) is 0 Å². The highest BCUT2D eigenvalue weighted by molar-refractivity contribution is 7.11. The Balaban J connectivity index is 1.75. The lowest BCUT2D eigenvalue weighted by molar-refractivity contribution is 1.15. The Morgan fingerprint density at radius 2 is 1.90 bits per heavy atom. The van der Waals surface area contributed by atoms with Gasteiger partial charge in [-0.25, -0.2) is 4.98 Å². The fourth-order valence-electron chi connectivity index (χ4n) is 2.00. The quantitative estimate of drug-likeness (QED) is 0.781. The second kappa shape index (κ2) is 5.84. The van der Waals surface area contributed by atoms with E-state index in [0.717, 1.165) is 22.8 Å². The molecule has 20 heavy (non-hydrogen) atoms. The molecule has 2 heterocycles. The van der Waals surface area contributed by atoms with Gasteiger partial charge in [0.15, 0.2) is 0 Å². The Morgan fingerprint density at radius 3 is 2.65 bits per heavy atom. The summed E-state index contributed by atoms with van der Waals surface area (Å²) in [6.45, 7) is 2.80. The molecule has 0 radical (unpaired) electrons. The number of benzene rings is 1. The number of nitrogens with one attached hydrogen (secondary N) is 1. The largest absolute Gasteiger partial charge is 0.379 e. The number of rotatable bonds is 4. The van der Waals surface area contributed by atoms with Crippen LogP contribution in [0.5, 0.6) is 0 Å². The summed E-state index contributed by atoms with van der Waals surface area (Å²) >= 11 is 1.71. The third kappa shape index (κ3) is 3.03. The zero-order valence-electron chi connectivity index (χ0n) is 11.2. The van der Waals surface area contributed by atoms with E-state index < -0.39 is 0 Å². The minimum Gasteiger partial charge on any atom is -0.379 e. The minimum atomic E-state index is 0.783. The van der Waals surface area contributed by atoms with Crippen molar-refractivity contribution in [2.45, 2.75) is 13.5 Å². The first-order chi connectivity index (χ1) is 9.81. The predicted octanol–water partition coefficient (Wildman–Crippen LogP) is 4.13. The molecule has 100 valence electrons. The molecular formula is C16H15N3S. The number of hydrogen-bond acceptors (Lipinski definition) is 4. The molecule has 0 spiro atoms. The molecule has 2 aromatic heterocycles. The van der Waals surface area contributed by atoms with Gasteiger partial charge in [-0.2, -0.15) is 0 Å². The summed E-state index contributed by atoms with van der Waals surface area (Å²) in [7, 11) is 0. The average Bonchev–Trinajstić information content (AvgIpc) is 2.92. The summed E-state index contributed by atoms with van der Waals surface area (Å²) < 4.78 is 0. The highest BCUT2D eigenvalue weighted by atomic mass is 32.1. The van der Waals surface area contributed by atoms with Crippen LogP contribution in [0.15, 0.2) is 55.0 Å². The molecule has 0 aliphatic carbocycles. The fraction of sp³-hybridized carbons (Fsp3) is 0.125. The third-order valence-corrected chi connectivity index (χ3v) is 3.89. The molecule has 0 fully saturated rings. The second-order valence-corrected chi connectivity index (χ2v) is 5.85. The molecular weight excluding hydrogens is 266 g/mol. The van der Waals surface area contributed by atoms with Crippen LogP contribution in [0.25, 0.3) is 11.1 Å². The Hall–Kier alpha value is -2.20. The highest BCUT2D eigenvalue weighted by Gasteiger charge is 2.01. The number of pyridine rings is 1. The topological polar surface area (TPSA) is 37.8 Å². The Labute approximate surface area is 122 Å². The van der Waals surface area contributed by atoms with Crippen LogP contribution in [0.2, 0.25) is 0 Å². The molecule has 0 aliphatic rings. The average molecular weight is 281 g/mol. The number of aromatic nitrogens is 2. The van der Waals surface area contributed by atoms with Crippen molar-refractivity contribution in [2.75, 3.05) is 5.32 Å². The van der Waals surface area contributed by atoms with Gasteiger partial charge in [-0.3, -0.25) is 4.98 Å². The van der Waals surface area contributed by atoms with Crippen LogP contribution in [0.3, 0.4) is 0 Å². The van der Waals surface area contributed by atoms with Crippen molar-refractivity contribution in [3.63, 3.8) is 0 Å². The van der Waals surface area contributed by atoms with Crippen LogP contribution in [0.1, 0.15) is 9.88 Å². The molecule has 4 heteroatoms. The van der Waals surface area contributed by atoms with Crippen molar-refractivity contribution < 1.29 is 0 Å². The number of anilines is 1. The van der Waals surface area contributed by atoms with Gasteiger partial charge in [0, 0.05) is 29.0 Å². The standard InChI is InChI=1S/C16H15N3S/c1-12-18-10-16(20-12)11-19-15-7-14(8-17-9-15)13-5-3-2-4-6-13/h2-10,19H,11H2,1H3. The fourth-order valence-corrected chi connectivity index (χ4v) is 2.74. The van der Waals surface area contributed by atoms with Gasteiger partial charge in [0.2, 0.25) is 0 Å². The van der Waals surface area contributed by atoms with Crippen LogP contribution in [-0.4, -0.2) is 9.97 Å². The molecule has 3 rings (SSSR count). The molecule has 3 aromatic rings. The maximum Gasteiger partial charge on any atom is 0.0897 e. The van der Waals surface area contributed by atoms with E-state index in [1.165, 1.54) is 10.4 Å². The lowest BCUT2D eigenvalue weighted by Crippen LogP contribution is -1.98. The smallest absolute Gasteiger partial charge is 0.0897 e. The van der Waals surface area contributed by atoms with Crippen LogP contribution >= 0.6 is 11.3 Å². The van der Waals surface area contributed by atoms with Crippen molar-refractivity contribution in [2.24, 2.45) is 0 Å². The zero-order chi connectivity index (χ0) is 13.8. The summed E-state index contributed by atoms with van der Waals surface area (Å²) in [6.07, 6.45) is 5.65. The molecule has 0 amide bonds. The summed E-state index contributed by atoms with van der Waals surface area (Å²) in [5, 5.41) is 4.49. The maximum atomic E-state index is 4.30. The number of thiazole rings is 1. The normalized spacial score (nSPS) is 10.4. The summed E-state index contributed by atoms with van der Waals surface area (Å²) in [5.41, 5.74) is 3.32. The van der Waals surface area contributed by atoms with E-state index in [4.69, 9.17) is 0 Å². The van der Waals surface area contributed by atoms with E-state index >= 15 is 0 Å². The SMILES string of the molecule is Cc1ncc(CNc2cncc(-c3ccccc3)c2)s1. The molecule has 1 N–H and O–H groups in total. The number of nitrogens with zero attached hydrogens (tertiary/aromatic N) is 2. The Bertz CT molecular complexity index is 692. The van der Waals surface area contributed by atoms with Crippen molar-refractivity contribution in [3.8, 4) is 11.1 Å². The molecule has 0 atom stereocenters. The van der Waals surface area contributed by atoms with Gasteiger partial charge in [-0.15, -0.1) is 11.3 Å². The van der Waals surface area contributed by atoms with Crippen LogP contribution < -0.4 is 5.32 Å². The number of aryl methyl sites for hydroxylation is 1. The van der Waals surface area contributed by atoms with E-state index in [2.05, 4.69) is 33.5 Å². The van der Waals surface area contributed by atoms with Crippen LogP contribution in [-0.2, 0) is 6.54 Å².